The first-order valence-electron chi connectivity index (χ1n) is 8.27. The molecule has 1 fully saturated rings. The van der Waals surface area contributed by atoms with E-state index in [0.29, 0.717) is 31.7 Å². The second-order valence-corrected chi connectivity index (χ2v) is 8.14. The number of piperazine rings is 1. The van der Waals surface area contributed by atoms with E-state index in [-0.39, 0.29) is 21.5 Å². The van der Waals surface area contributed by atoms with Gasteiger partial charge in [0, 0.05) is 31.7 Å². The first kappa shape index (κ1) is 19.2. The number of hydrogen-bond donors (Lipinski definition) is 1. The number of nitrogens with zero attached hydrogens (tertiary/aromatic N) is 2. The molecule has 0 aliphatic carbocycles. The molecular weight excluding hydrogens is 390 g/mol. The molecule has 9 heteroatoms. The number of anilines is 1. The SMILES string of the molecule is O=CN1CCN(C(=O)c2ccc(NS(=O)(=O)c3ccccc3)c(Cl)c2)CC1. The summed E-state index contributed by atoms with van der Waals surface area (Å²) in [7, 11) is -3.77. The Hall–Kier alpha value is -2.58. The maximum Gasteiger partial charge on any atom is 0.261 e. The normalized spacial score (nSPS) is 14.7. The van der Waals surface area contributed by atoms with E-state index < -0.39 is 10.0 Å². The molecule has 0 bridgehead atoms. The van der Waals surface area contributed by atoms with Crippen LogP contribution >= 0.6 is 11.6 Å². The number of hydrogen-bond acceptors (Lipinski definition) is 4. The average Bonchev–Trinajstić information content (AvgIpc) is 2.69. The van der Waals surface area contributed by atoms with E-state index in [1.54, 1.807) is 28.0 Å². The van der Waals surface area contributed by atoms with Crippen LogP contribution in [-0.2, 0) is 14.8 Å². The third kappa shape index (κ3) is 4.40. The molecule has 1 aliphatic rings. The van der Waals surface area contributed by atoms with Crippen LogP contribution in [0.1, 0.15) is 10.4 Å². The van der Waals surface area contributed by atoms with Gasteiger partial charge in [0.1, 0.15) is 0 Å². The van der Waals surface area contributed by atoms with E-state index in [2.05, 4.69) is 4.72 Å². The van der Waals surface area contributed by atoms with Crippen molar-refractivity contribution >= 4 is 39.6 Å². The zero-order valence-electron chi connectivity index (χ0n) is 14.3. The molecule has 1 saturated heterocycles. The van der Waals surface area contributed by atoms with E-state index in [4.69, 9.17) is 11.6 Å². The molecule has 7 nitrogen and oxygen atoms in total. The fourth-order valence-corrected chi connectivity index (χ4v) is 4.13. The highest BCUT2D eigenvalue weighted by Gasteiger charge is 2.22. The van der Waals surface area contributed by atoms with Crippen LogP contribution in [0.2, 0.25) is 5.02 Å². The van der Waals surface area contributed by atoms with E-state index in [1.165, 1.54) is 30.3 Å². The minimum atomic E-state index is -3.77. The number of carbonyl (C=O) groups is 2. The Morgan fingerprint density at radius 2 is 1.70 bits per heavy atom. The summed E-state index contributed by atoms with van der Waals surface area (Å²) in [6.07, 6.45) is 0.770. The summed E-state index contributed by atoms with van der Waals surface area (Å²) < 4.78 is 27.2. The molecule has 3 rings (SSSR count). The topological polar surface area (TPSA) is 86.8 Å². The summed E-state index contributed by atoms with van der Waals surface area (Å²) in [5.41, 5.74) is 0.560. The van der Waals surface area contributed by atoms with Crippen molar-refractivity contribution in [1.82, 2.24) is 9.80 Å². The van der Waals surface area contributed by atoms with Crippen molar-refractivity contribution in [3.8, 4) is 0 Å². The van der Waals surface area contributed by atoms with Crippen molar-refractivity contribution in [3.05, 3.63) is 59.1 Å². The van der Waals surface area contributed by atoms with Crippen molar-refractivity contribution in [1.29, 1.82) is 0 Å². The van der Waals surface area contributed by atoms with Crippen molar-refractivity contribution in [3.63, 3.8) is 0 Å². The molecule has 0 spiro atoms. The third-order valence-corrected chi connectivity index (χ3v) is 5.96. The van der Waals surface area contributed by atoms with Gasteiger partial charge in [0.15, 0.2) is 0 Å². The number of carbonyl (C=O) groups excluding carboxylic acids is 2. The molecule has 142 valence electrons. The minimum absolute atomic E-state index is 0.120. The second kappa shape index (κ2) is 7.98. The van der Waals surface area contributed by atoms with Crippen molar-refractivity contribution in [2.24, 2.45) is 0 Å². The smallest absolute Gasteiger partial charge is 0.261 e. The van der Waals surface area contributed by atoms with Gasteiger partial charge in [-0.15, -0.1) is 0 Å². The predicted molar refractivity (Wildman–Crippen MR) is 102 cm³/mol. The monoisotopic (exact) mass is 407 g/mol. The molecule has 0 saturated carbocycles. The molecule has 2 amide bonds. The molecule has 0 unspecified atom stereocenters. The molecule has 0 atom stereocenters. The standard InChI is InChI=1S/C18H18ClN3O4S/c19-16-12-14(18(24)22-10-8-21(13-23)9-11-22)6-7-17(16)20-27(25,26)15-4-2-1-3-5-15/h1-7,12-13,20H,8-11H2. The first-order valence-corrected chi connectivity index (χ1v) is 10.1. The highest BCUT2D eigenvalue weighted by atomic mass is 35.5. The van der Waals surface area contributed by atoms with Gasteiger partial charge in [0.2, 0.25) is 6.41 Å². The Morgan fingerprint density at radius 3 is 2.30 bits per heavy atom. The van der Waals surface area contributed by atoms with Crippen LogP contribution in [0, 0.1) is 0 Å². The Bertz CT molecular complexity index is 942. The lowest BCUT2D eigenvalue weighted by atomic mass is 10.1. The number of sulfonamides is 1. The zero-order chi connectivity index (χ0) is 19.4. The number of benzene rings is 2. The fraction of sp³-hybridized carbons (Fsp3) is 0.222. The van der Waals surface area contributed by atoms with Gasteiger partial charge in [-0.1, -0.05) is 29.8 Å². The molecule has 1 aliphatic heterocycles. The number of nitrogens with one attached hydrogen (secondary N) is 1. The fourth-order valence-electron chi connectivity index (χ4n) is 2.75. The Labute approximate surface area is 162 Å². The first-order chi connectivity index (χ1) is 12.9. The molecule has 0 aromatic heterocycles. The van der Waals surface area contributed by atoms with Crippen molar-refractivity contribution in [2.75, 3.05) is 30.9 Å². The summed E-state index contributed by atoms with van der Waals surface area (Å²) in [6, 6.07) is 12.4. The number of halogens is 1. The Morgan fingerprint density at radius 1 is 1.04 bits per heavy atom. The average molecular weight is 408 g/mol. The van der Waals surface area contributed by atoms with E-state index >= 15 is 0 Å². The van der Waals surface area contributed by atoms with Gasteiger partial charge >= 0.3 is 0 Å². The lowest BCUT2D eigenvalue weighted by molar-refractivity contribution is -0.119. The maximum atomic E-state index is 12.6. The van der Waals surface area contributed by atoms with Gasteiger partial charge in [-0.25, -0.2) is 8.42 Å². The highest BCUT2D eigenvalue weighted by molar-refractivity contribution is 7.92. The van der Waals surface area contributed by atoms with Crippen molar-refractivity contribution < 1.29 is 18.0 Å². The summed E-state index contributed by atoms with van der Waals surface area (Å²) in [5, 5.41) is 0.131. The van der Waals surface area contributed by atoms with Crippen LogP contribution in [-0.4, -0.2) is 56.7 Å². The van der Waals surface area contributed by atoms with Crippen LogP contribution in [0.4, 0.5) is 5.69 Å². The molecule has 2 aromatic rings. The van der Waals surface area contributed by atoms with Crippen LogP contribution in [0.5, 0.6) is 0 Å². The summed E-state index contributed by atoms with van der Waals surface area (Å²) in [5.74, 6) is -0.208. The molecular formula is C18H18ClN3O4S. The summed E-state index contributed by atoms with van der Waals surface area (Å²) >= 11 is 6.20. The number of amides is 2. The van der Waals surface area contributed by atoms with Crippen LogP contribution < -0.4 is 4.72 Å². The van der Waals surface area contributed by atoms with Crippen molar-refractivity contribution in [2.45, 2.75) is 4.90 Å². The van der Waals surface area contributed by atoms with Gasteiger partial charge in [0.25, 0.3) is 15.9 Å². The largest absolute Gasteiger partial charge is 0.342 e. The van der Waals surface area contributed by atoms with Gasteiger partial charge < -0.3 is 9.80 Å². The van der Waals surface area contributed by atoms with Gasteiger partial charge in [0.05, 0.1) is 15.6 Å². The summed E-state index contributed by atoms with van der Waals surface area (Å²) in [6.45, 7) is 1.85. The minimum Gasteiger partial charge on any atom is -0.342 e. The lowest BCUT2D eigenvalue weighted by Crippen LogP contribution is -2.48. The van der Waals surface area contributed by atoms with E-state index in [9.17, 15) is 18.0 Å². The second-order valence-electron chi connectivity index (χ2n) is 6.05. The molecule has 0 radical (unpaired) electrons. The van der Waals surface area contributed by atoms with Crippen LogP contribution in [0.3, 0.4) is 0 Å². The van der Waals surface area contributed by atoms with Gasteiger partial charge in [-0.3, -0.25) is 14.3 Å². The molecule has 2 aromatic carbocycles. The maximum absolute atomic E-state index is 12.6. The van der Waals surface area contributed by atoms with Gasteiger partial charge in [-0.05, 0) is 30.3 Å². The Kier molecular flexibility index (Phi) is 5.67. The third-order valence-electron chi connectivity index (χ3n) is 4.26. The van der Waals surface area contributed by atoms with Crippen LogP contribution in [0.25, 0.3) is 0 Å². The van der Waals surface area contributed by atoms with Gasteiger partial charge in [-0.2, -0.15) is 0 Å². The quantitative estimate of drug-likeness (QED) is 0.768. The zero-order valence-corrected chi connectivity index (χ0v) is 15.9. The number of rotatable bonds is 5. The molecule has 1 N–H and O–H groups in total. The molecule has 1 heterocycles. The summed E-state index contributed by atoms with van der Waals surface area (Å²) in [4.78, 5) is 26.7. The Balaban J connectivity index is 1.74. The van der Waals surface area contributed by atoms with E-state index in [0.717, 1.165) is 6.41 Å². The lowest BCUT2D eigenvalue weighted by Gasteiger charge is -2.32. The highest BCUT2D eigenvalue weighted by Crippen LogP contribution is 2.26. The van der Waals surface area contributed by atoms with E-state index in [1.807, 2.05) is 0 Å². The predicted octanol–water partition coefficient (Wildman–Crippen LogP) is 2.05. The molecule has 27 heavy (non-hydrogen) atoms. The van der Waals surface area contributed by atoms with Crippen LogP contribution in [0.15, 0.2) is 53.4 Å².